The van der Waals surface area contributed by atoms with Gasteiger partial charge in [0.05, 0.1) is 16.7 Å². The summed E-state index contributed by atoms with van der Waals surface area (Å²) in [6.07, 6.45) is 0.0806. The topological polar surface area (TPSA) is 51.5 Å². The Morgan fingerprint density at radius 3 is 2.74 bits per heavy atom. The van der Waals surface area contributed by atoms with Gasteiger partial charge in [-0.3, -0.25) is 4.79 Å². The first-order valence-electron chi connectivity index (χ1n) is 6.39. The van der Waals surface area contributed by atoms with Gasteiger partial charge < -0.3 is 14.4 Å². The average Bonchev–Trinajstić information content (AvgIpc) is 2.81. The summed E-state index contributed by atoms with van der Waals surface area (Å²) in [4.78, 5) is 12.3. The molecule has 3 rings (SSSR count). The Morgan fingerprint density at radius 1 is 1.37 bits per heavy atom. The van der Waals surface area contributed by atoms with Crippen molar-refractivity contribution in [1.29, 1.82) is 0 Å². The summed E-state index contributed by atoms with van der Waals surface area (Å²) in [5.74, 6) is 0.630. The van der Waals surface area contributed by atoms with Crippen molar-refractivity contribution >= 4 is 10.9 Å². The molecule has 0 saturated carbocycles. The molecule has 4 nitrogen and oxygen atoms in total. The molecule has 0 saturated heterocycles. The van der Waals surface area contributed by atoms with Crippen LogP contribution in [0.5, 0.6) is 5.75 Å². The molecule has 19 heavy (non-hydrogen) atoms. The fourth-order valence-corrected chi connectivity index (χ4v) is 2.61. The van der Waals surface area contributed by atoms with Crippen LogP contribution in [0.15, 0.2) is 29.1 Å². The predicted molar refractivity (Wildman–Crippen MR) is 73.6 cm³/mol. The minimum atomic E-state index is -0.967. The summed E-state index contributed by atoms with van der Waals surface area (Å²) in [6.45, 7) is 3.41. The lowest BCUT2D eigenvalue weighted by atomic mass is 9.97. The number of rotatable bonds is 1. The van der Waals surface area contributed by atoms with E-state index in [1.54, 1.807) is 25.5 Å². The fraction of sp³-hybridized carbons (Fsp3) is 0.400. The number of hydrogen-bond acceptors (Lipinski definition) is 3. The lowest BCUT2D eigenvalue weighted by Gasteiger charge is -2.24. The first-order valence-corrected chi connectivity index (χ1v) is 6.39. The second-order valence-corrected chi connectivity index (χ2v) is 5.65. The van der Waals surface area contributed by atoms with Crippen LogP contribution in [-0.4, -0.2) is 21.4 Å². The number of aryl methyl sites for hydroxylation is 1. The molecule has 4 heteroatoms. The quantitative estimate of drug-likeness (QED) is 0.846. The maximum Gasteiger partial charge on any atom is 0.257 e. The first-order chi connectivity index (χ1) is 8.89. The average molecular weight is 259 g/mol. The number of benzene rings is 1. The Balaban J connectivity index is 2.28. The van der Waals surface area contributed by atoms with E-state index in [1.165, 1.54) is 0 Å². The van der Waals surface area contributed by atoms with Gasteiger partial charge in [-0.15, -0.1) is 0 Å². The van der Waals surface area contributed by atoms with Crippen LogP contribution in [0.2, 0.25) is 0 Å². The molecule has 2 aromatic rings. The van der Waals surface area contributed by atoms with Crippen LogP contribution in [-0.2, 0) is 13.5 Å². The second kappa shape index (κ2) is 3.84. The number of aliphatic hydroxyl groups is 1. The standard InChI is InChI=1S/C15H17NO3/c1-15(2,18)12-8-10-13(19-12)9-6-4-5-7-11(9)16(3)14(10)17/h4-7,12,18H,8H2,1-3H3. The van der Waals surface area contributed by atoms with Gasteiger partial charge in [-0.25, -0.2) is 0 Å². The van der Waals surface area contributed by atoms with Gasteiger partial charge in [0.1, 0.15) is 11.9 Å². The first kappa shape index (κ1) is 12.2. The van der Waals surface area contributed by atoms with Gasteiger partial charge >= 0.3 is 0 Å². The van der Waals surface area contributed by atoms with Crippen molar-refractivity contribution in [3.63, 3.8) is 0 Å². The van der Waals surface area contributed by atoms with E-state index in [0.29, 0.717) is 17.7 Å². The van der Waals surface area contributed by atoms with Crippen LogP contribution < -0.4 is 10.3 Å². The third-order valence-corrected chi connectivity index (χ3v) is 3.78. The lowest BCUT2D eigenvalue weighted by Crippen LogP contribution is -2.39. The predicted octanol–water partition coefficient (Wildman–Crippen LogP) is 1.61. The molecule has 100 valence electrons. The van der Waals surface area contributed by atoms with Crippen molar-refractivity contribution in [3.05, 3.63) is 40.2 Å². The van der Waals surface area contributed by atoms with Crippen molar-refractivity contribution in [2.24, 2.45) is 7.05 Å². The molecule has 0 aliphatic carbocycles. The SMILES string of the molecule is Cn1c(=O)c2c(c3ccccc31)OC(C(C)(C)O)C2. The largest absolute Gasteiger partial charge is 0.486 e. The van der Waals surface area contributed by atoms with Gasteiger partial charge in [0.2, 0.25) is 0 Å². The van der Waals surface area contributed by atoms with Crippen LogP contribution in [0.1, 0.15) is 19.4 Å². The molecule has 0 amide bonds. The molecule has 0 fully saturated rings. The number of fused-ring (bicyclic) bond motifs is 3. The molecular weight excluding hydrogens is 242 g/mol. The number of nitrogens with zero attached hydrogens (tertiary/aromatic N) is 1. The zero-order valence-electron chi connectivity index (χ0n) is 11.3. The number of ether oxygens (including phenoxy) is 1. The van der Waals surface area contributed by atoms with Gasteiger partial charge in [0.25, 0.3) is 5.56 Å². The highest BCUT2D eigenvalue weighted by Gasteiger charge is 2.37. The second-order valence-electron chi connectivity index (χ2n) is 5.65. The van der Waals surface area contributed by atoms with Crippen molar-refractivity contribution in [1.82, 2.24) is 4.57 Å². The molecule has 1 aromatic heterocycles. The Hall–Kier alpha value is -1.81. The molecular formula is C15H17NO3. The summed E-state index contributed by atoms with van der Waals surface area (Å²) in [6, 6.07) is 7.67. The normalized spacial score (nSPS) is 18.4. The Kier molecular flexibility index (Phi) is 2.47. The number of hydrogen-bond donors (Lipinski definition) is 1. The lowest BCUT2D eigenvalue weighted by molar-refractivity contribution is -0.0224. The minimum Gasteiger partial charge on any atom is -0.486 e. The van der Waals surface area contributed by atoms with E-state index >= 15 is 0 Å². The van der Waals surface area contributed by atoms with Crippen LogP contribution in [0.3, 0.4) is 0 Å². The Bertz CT molecular complexity index is 710. The maximum atomic E-state index is 12.3. The van der Waals surface area contributed by atoms with Crippen molar-refractivity contribution in [2.75, 3.05) is 0 Å². The third-order valence-electron chi connectivity index (χ3n) is 3.78. The molecule has 1 aliphatic rings. The summed E-state index contributed by atoms with van der Waals surface area (Å²) in [5, 5.41) is 11.0. The Morgan fingerprint density at radius 2 is 2.05 bits per heavy atom. The number of pyridine rings is 1. The molecule has 0 radical (unpaired) electrons. The van der Waals surface area contributed by atoms with E-state index in [-0.39, 0.29) is 11.7 Å². The van der Waals surface area contributed by atoms with Crippen molar-refractivity contribution in [2.45, 2.75) is 32.0 Å². The van der Waals surface area contributed by atoms with Gasteiger partial charge in [-0.2, -0.15) is 0 Å². The highest BCUT2D eigenvalue weighted by Crippen LogP contribution is 2.36. The van der Waals surface area contributed by atoms with Crippen LogP contribution in [0.25, 0.3) is 10.9 Å². The molecule has 1 N–H and O–H groups in total. The van der Waals surface area contributed by atoms with E-state index in [0.717, 1.165) is 10.9 Å². The number of para-hydroxylation sites is 1. The summed E-state index contributed by atoms with van der Waals surface area (Å²) < 4.78 is 7.50. The zero-order valence-corrected chi connectivity index (χ0v) is 11.3. The van der Waals surface area contributed by atoms with E-state index in [2.05, 4.69) is 0 Å². The van der Waals surface area contributed by atoms with Gasteiger partial charge in [0, 0.05) is 18.9 Å². The van der Waals surface area contributed by atoms with E-state index in [4.69, 9.17) is 4.74 Å². The van der Waals surface area contributed by atoms with Crippen LogP contribution in [0, 0.1) is 0 Å². The molecule has 1 unspecified atom stereocenters. The molecule has 1 aliphatic heterocycles. The van der Waals surface area contributed by atoms with Gasteiger partial charge in [-0.05, 0) is 26.0 Å². The summed E-state index contributed by atoms with van der Waals surface area (Å²) >= 11 is 0. The van der Waals surface area contributed by atoms with Crippen molar-refractivity contribution in [3.8, 4) is 5.75 Å². The highest BCUT2D eigenvalue weighted by molar-refractivity contribution is 5.87. The van der Waals surface area contributed by atoms with E-state index < -0.39 is 5.60 Å². The minimum absolute atomic E-state index is 0.0413. The summed E-state index contributed by atoms with van der Waals surface area (Å²) in [7, 11) is 1.77. The van der Waals surface area contributed by atoms with Crippen LogP contribution >= 0.6 is 0 Å². The summed E-state index contributed by atoms with van der Waals surface area (Å²) in [5.41, 5.74) is 0.502. The molecule has 0 spiro atoms. The highest BCUT2D eigenvalue weighted by atomic mass is 16.5. The maximum absolute atomic E-state index is 12.3. The molecule has 0 bridgehead atoms. The van der Waals surface area contributed by atoms with Crippen LogP contribution in [0.4, 0.5) is 0 Å². The number of aromatic nitrogens is 1. The molecule has 1 aromatic carbocycles. The molecule has 1 atom stereocenters. The molecule has 2 heterocycles. The third kappa shape index (κ3) is 1.75. The van der Waals surface area contributed by atoms with E-state index in [9.17, 15) is 9.90 Å². The van der Waals surface area contributed by atoms with Gasteiger partial charge in [0.15, 0.2) is 0 Å². The smallest absolute Gasteiger partial charge is 0.257 e. The van der Waals surface area contributed by atoms with Crippen molar-refractivity contribution < 1.29 is 9.84 Å². The zero-order chi connectivity index (χ0) is 13.8. The van der Waals surface area contributed by atoms with E-state index in [1.807, 2.05) is 24.3 Å². The van der Waals surface area contributed by atoms with Gasteiger partial charge in [-0.1, -0.05) is 12.1 Å². The Labute approximate surface area is 111 Å². The monoisotopic (exact) mass is 259 g/mol. The fourth-order valence-electron chi connectivity index (χ4n) is 2.61.